The van der Waals surface area contributed by atoms with Crippen molar-refractivity contribution in [2.24, 2.45) is 0 Å². The first kappa shape index (κ1) is 13.3. The van der Waals surface area contributed by atoms with E-state index in [9.17, 15) is 4.79 Å². The predicted molar refractivity (Wildman–Crippen MR) is 79.7 cm³/mol. The lowest BCUT2D eigenvalue weighted by Crippen LogP contribution is -2.12. The number of aryl methyl sites for hydroxylation is 3. The van der Waals surface area contributed by atoms with Gasteiger partial charge in [-0.05, 0) is 50.1 Å². The highest BCUT2D eigenvalue weighted by Crippen LogP contribution is 2.14. The summed E-state index contributed by atoms with van der Waals surface area (Å²) in [4.78, 5) is 12.2. The highest BCUT2D eigenvalue weighted by atomic mass is 16.1. The normalized spacial score (nSPS) is 10.3. The maximum Gasteiger partial charge on any atom is 0.255 e. The second-order valence-electron chi connectivity index (χ2n) is 4.88. The number of benzene rings is 2. The van der Waals surface area contributed by atoms with E-state index >= 15 is 0 Å². The van der Waals surface area contributed by atoms with Crippen molar-refractivity contribution in [2.75, 3.05) is 5.32 Å². The summed E-state index contributed by atoms with van der Waals surface area (Å²) < 4.78 is 0. The van der Waals surface area contributed by atoms with E-state index in [2.05, 4.69) is 18.3 Å². The number of hydrogen-bond donors (Lipinski definition) is 1. The largest absolute Gasteiger partial charge is 0.322 e. The molecule has 0 unspecified atom stereocenters. The van der Waals surface area contributed by atoms with Crippen LogP contribution in [0.2, 0.25) is 0 Å². The van der Waals surface area contributed by atoms with Gasteiger partial charge in [-0.15, -0.1) is 0 Å². The maximum absolute atomic E-state index is 12.2. The van der Waals surface area contributed by atoms with Crippen LogP contribution in [0.15, 0.2) is 42.5 Å². The van der Waals surface area contributed by atoms with Gasteiger partial charge in [-0.25, -0.2) is 0 Å². The number of amides is 1. The number of nitrogens with one attached hydrogen (secondary N) is 1. The molecule has 1 amide bonds. The SMILES string of the molecule is CCc1ccc(NC(=O)c2cc(C)cc(C)c2)cc1. The number of rotatable bonds is 3. The zero-order valence-corrected chi connectivity index (χ0v) is 11.7. The zero-order chi connectivity index (χ0) is 13.8. The molecule has 2 aromatic rings. The van der Waals surface area contributed by atoms with Gasteiger partial charge in [-0.1, -0.05) is 36.2 Å². The fourth-order valence-electron chi connectivity index (χ4n) is 2.13. The fraction of sp³-hybridized carbons (Fsp3) is 0.235. The van der Waals surface area contributed by atoms with Gasteiger partial charge in [0.2, 0.25) is 0 Å². The first-order valence-electron chi connectivity index (χ1n) is 6.57. The van der Waals surface area contributed by atoms with Gasteiger partial charge in [0.25, 0.3) is 5.91 Å². The lowest BCUT2D eigenvalue weighted by atomic mass is 10.1. The standard InChI is InChI=1S/C17H19NO/c1-4-14-5-7-16(8-6-14)18-17(19)15-10-12(2)9-13(3)11-15/h5-11H,4H2,1-3H3,(H,18,19). The molecule has 0 saturated carbocycles. The Hall–Kier alpha value is -2.09. The smallest absolute Gasteiger partial charge is 0.255 e. The van der Waals surface area contributed by atoms with Crippen LogP contribution >= 0.6 is 0 Å². The molecule has 0 aliphatic heterocycles. The quantitative estimate of drug-likeness (QED) is 0.876. The van der Waals surface area contributed by atoms with Crippen LogP contribution in [0.25, 0.3) is 0 Å². The van der Waals surface area contributed by atoms with Gasteiger partial charge >= 0.3 is 0 Å². The third-order valence-corrected chi connectivity index (χ3v) is 3.10. The van der Waals surface area contributed by atoms with Crippen molar-refractivity contribution in [3.63, 3.8) is 0 Å². The molecule has 98 valence electrons. The molecular formula is C17H19NO. The van der Waals surface area contributed by atoms with Crippen LogP contribution in [-0.4, -0.2) is 5.91 Å². The molecular weight excluding hydrogens is 234 g/mol. The third-order valence-electron chi connectivity index (χ3n) is 3.10. The molecule has 2 aromatic carbocycles. The summed E-state index contributed by atoms with van der Waals surface area (Å²) in [5.41, 5.74) is 5.01. The summed E-state index contributed by atoms with van der Waals surface area (Å²) in [6.45, 7) is 6.11. The lowest BCUT2D eigenvalue weighted by Gasteiger charge is -2.07. The second kappa shape index (κ2) is 5.70. The third kappa shape index (κ3) is 3.44. The van der Waals surface area contributed by atoms with E-state index in [1.54, 1.807) is 0 Å². The lowest BCUT2D eigenvalue weighted by molar-refractivity contribution is 0.102. The van der Waals surface area contributed by atoms with E-state index in [-0.39, 0.29) is 5.91 Å². The van der Waals surface area contributed by atoms with Crippen LogP contribution in [0.3, 0.4) is 0 Å². The van der Waals surface area contributed by atoms with Crippen molar-refractivity contribution >= 4 is 11.6 Å². The van der Waals surface area contributed by atoms with Crippen LogP contribution < -0.4 is 5.32 Å². The molecule has 0 radical (unpaired) electrons. The minimum Gasteiger partial charge on any atom is -0.322 e. The van der Waals surface area contributed by atoms with Crippen molar-refractivity contribution in [3.05, 3.63) is 64.7 Å². The van der Waals surface area contributed by atoms with Crippen molar-refractivity contribution in [3.8, 4) is 0 Å². The van der Waals surface area contributed by atoms with Gasteiger partial charge in [0.05, 0.1) is 0 Å². The van der Waals surface area contributed by atoms with Crippen LogP contribution in [0, 0.1) is 13.8 Å². The number of anilines is 1. The Kier molecular flexibility index (Phi) is 4.00. The maximum atomic E-state index is 12.2. The number of carbonyl (C=O) groups excluding carboxylic acids is 1. The van der Waals surface area contributed by atoms with Crippen molar-refractivity contribution < 1.29 is 4.79 Å². The predicted octanol–water partition coefficient (Wildman–Crippen LogP) is 4.12. The van der Waals surface area contributed by atoms with Crippen molar-refractivity contribution in [2.45, 2.75) is 27.2 Å². The summed E-state index contributed by atoms with van der Waals surface area (Å²) in [7, 11) is 0. The van der Waals surface area contributed by atoms with E-state index in [0.29, 0.717) is 5.56 Å². The minimum atomic E-state index is -0.0592. The van der Waals surface area contributed by atoms with Gasteiger partial charge < -0.3 is 5.32 Å². The molecule has 0 bridgehead atoms. The molecule has 0 aliphatic carbocycles. The van der Waals surface area contributed by atoms with Gasteiger partial charge in [-0.2, -0.15) is 0 Å². The number of hydrogen-bond acceptors (Lipinski definition) is 1. The highest BCUT2D eigenvalue weighted by molar-refractivity contribution is 6.04. The molecule has 0 aromatic heterocycles. The first-order valence-corrected chi connectivity index (χ1v) is 6.57. The monoisotopic (exact) mass is 253 g/mol. The average molecular weight is 253 g/mol. The van der Waals surface area contributed by atoms with Crippen molar-refractivity contribution in [1.29, 1.82) is 0 Å². The van der Waals surface area contributed by atoms with E-state index in [1.165, 1.54) is 5.56 Å². The molecule has 0 heterocycles. The molecule has 2 heteroatoms. The summed E-state index contributed by atoms with van der Waals surface area (Å²) in [6.07, 6.45) is 1.01. The van der Waals surface area contributed by atoms with Crippen LogP contribution in [0.4, 0.5) is 5.69 Å². The summed E-state index contributed by atoms with van der Waals surface area (Å²) >= 11 is 0. The Morgan fingerprint density at radius 1 is 1.00 bits per heavy atom. The van der Waals surface area contributed by atoms with E-state index in [0.717, 1.165) is 23.2 Å². The Balaban J connectivity index is 2.15. The van der Waals surface area contributed by atoms with Crippen LogP contribution in [-0.2, 0) is 6.42 Å². The number of carbonyl (C=O) groups is 1. The minimum absolute atomic E-state index is 0.0592. The molecule has 2 rings (SSSR count). The molecule has 0 saturated heterocycles. The highest BCUT2D eigenvalue weighted by Gasteiger charge is 2.07. The van der Waals surface area contributed by atoms with E-state index < -0.39 is 0 Å². The Labute approximate surface area is 114 Å². The molecule has 0 spiro atoms. The van der Waals surface area contributed by atoms with Crippen molar-refractivity contribution in [1.82, 2.24) is 0 Å². The van der Waals surface area contributed by atoms with Crippen LogP contribution in [0.1, 0.15) is 34.0 Å². The van der Waals surface area contributed by atoms with E-state index in [1.807, 2.05) is 50.2 Å². The van der Waals surface area contributed by atoms with Crippen LogP contribution in [0.5, 0.6) is 0 Å². The van der Waals surface area contributed by atoms with Gasteiger partial charge in [0, 0.05) is 11.3 Å². The Morgan fingerprint density at radius 2 is 1.58 bits per heavy atom. The molecule has 1 N–H and O–H groups in total. The molecule has 0 atom stereocenters. The average Bonchev–Trinajstić information content (AvgIpc) is 2.38. The zero-order valence-electron chi connectivity index (χ0n) is 11.7. The Bertz CT molecular complexity index is 564. The molecule has 0 fully saturated rings. The first-order chi connectivity index (χ1) is 9.08. The van der Waals surface area contributed by atoms with Gasteiger partial charge in [0.1, 0.15) is 0 Å². The van der Waals surface area contributed by atoms with E-state index in [4.69, 9.17) is 0 Å². The van der Waals surface area contributed by atoms with Gasteiger partial charge in [-0.3, -0.25) is 4.79 Å². The summed E-state index contributed by atoms with van der Waals surface area (Å²) in [5, 5.41) is 2.93. The molecule has 0 aliphatic rings. The molecule has 2 nitrogen and oxygen atoms in total. The fourth-order valence-corrected chi connectivity index (χ4v) is 2.13. The molecule has 19 heavy (non-hydrogen) atoms. The van der Waals surface area contributed by atoms with Gasteiger partial charge in [0.15, 0.2) is 0 Å². The second-order valence-corrected chi connectivity index (χ2v) is 4.88. The summed E-state index contributed by atoms with van der Waals surface area (Å²) in [5.74, 6) is -0.0592. The Morgan fingerprint density at radius 3 is 2.11 bits per heavy atom. The topological polar surface area (TPSA) is 29.1 Å². The summed E-state index contributed by atoms with van der Waals surface area (Å²) in [6, 6.07) is 13.8.